The Balaban J connectivity index is 1.84. The van der Waals surface area contributed by atoms with Crippen LogP contribution in [0.4, 0.5) is 30.7 Å². The quantitative estimate of drug-likeness (QED) is 0.213. The van der Waals surface area contributed by atoms with Gasteiger partial charge in [0.15, 0.2) is 5.82 Å². The molecular formula is C18H9F7N6O. The third-order valence-electron chi connectivity index (χ3n) is 4.26. The van der Waals surface area contributed by atoms with E-state index in [4.69, 9.17) is 5.53 Å². The van der Waals surface area contributed by atoms with Crippen molar-refractivity contribution in [2.24, 2.45) is 5.11 Å². The SMILES string of the molecule is [N-]=[N+]=NC(=O)c1ccc(-c2ncn(-c3ccc(C(F)(F)C(F)(F)C(F)(F)F)cc3)n2)cc1. The minimum Gasteiger partial charge on any atom is -0.287 e. The highest BCUT2D eigenvalue weighted by Gasteiger charge is 2.73. The number of carbonyl (C=O) groups excluding carboxylic acids is 1. The Hall–Kier alpha value is -3.93. The zero-order valence-corrected chi connectivity index (χ0v) is 15.4. The van der Waals surface area contributed by atoms with Crippen LogP contribution in [0.2, 0.25) is 0 Å². The number of benzene rings is 2. The molecule has 0 saturated heterocycles. The first kappa shape index (κ1) is 22.7. The summed E-state index contributed by atoms with van der Waals surface area (Å²) in [5.41, 5.74) is 7.34. The van der Waals surface area contributed by atoms with E-state index in [1.807, 2.05) is 0 Å². The van der Waals surface area contributed by atoms with E-state index in [0.29, 0.717) is 17.7 Å². The molecule has 3 aromatic rings. The highest BCUT2D eigenvalue weighted by atomic mass is 19.4. The maximum atomic E-state index is 13.8. The molecule has 32 heavy (non-hydrogen) atoms. The van der Waals surface area contributed by atoms with Gasteiger partial charge in [-0.2, -0.15) is 30.7 Å². The predicted octanol–water partition coefficient (Wildman–Crippen LogP) is 5.67. The van der Waals surface area contributed by atoms with Crippen molar-refractivity contribution in [3.8, 4) is 17.1 Å². The van der Waals surface area contributed by atoms with Gasteiger partial charge >= 0.3 is 18.0 Å². The van der Waals surface area contributed by atoms with E-state index < -0.39 is 29.5 Å². The molecule has 0 N–H and O–H groups in total. The Bertz CT molecular complexity index is 1180. The molecule has 0 aliphatic heterocycles. The van der Waals surface area contributed by atoms with Crippen molar-refractivity contribution in [1.82, 2.24) is 14.8 Å². The number of alkyl halides is 7. The first-order valence-electron chi connectivity index (χ1n) is 8.43. The maximum absolute atomic E-state index is 13.8. The van der Waals surface area contributed by atoms with Crippen LogP contribution in [-0.2, 0) is 5.92 Å². The summed E-state index contributed by atoms with van der Waals surface area (Å²) in [5, 5.41) is 7.00. The van der Waals surface area contributed by atoms with Gasteiger partial charge in [-0.1, -0.05) is 36.4 Å². The minimum atomic E-state index is -6.43. The third kappa shape index (κ3) is 3.99. The number of halogens is 7. The Morgan fingerprint density at radius 3 is 2.06 bits per heavy atom. The molecule has 0 atom stereocenters. The van der Waals surface area contributed by atoms with Crippen molar-refractivity contribution in [1.29, 1.82) is 0 Å². The molecule has 1 aromatic heterocycles. The third-order valence-corrected chi connectivity index (χ3v) is 4.26. The zero-order chi connectivity index (χ0) is 23.7. The first-order chi connectivity index (χ1) is 14.9. The van der Waals surface area contributed by atoms with Crippen LogP contribution in [0.1, 0.15) is 15.9 Å². The summed E-state index contributed by atoms with van der Waals surface area (Å²) in [6.07, 6.45) is -5.27. The van der Waals surface area contributed by atoms with Crippen molar-refractivity contribution in [2.45, 2.75) is 18.0 Å². The summed E-state index contributed by atoms with van der Waals surface area (Å²) >= 11 is 0. The summed E-state index contributed by atoms with van der Waals surface area (Å²) in [6.45, 7) is 0. The highest BCUT2D eigenvalue weighted by molar-refractivity contribution is 5.95. The van der Waals surface area contributed by atoms with E-state index in [1.165, 1.54) is 24.3 Å². The summed E-state index contributed by atoms with van der Waals surface area (Å²) in [4.78, 5) is 17.8. The fourth-order valence-electron chi connectivity index (χ4n) is 2.56. The Labute approximate surface area is 173 Å². The van der Waals surface area contributed by atoms with Crippen molar-refractivity contribution < 1.29 is 35.5 Å². The van der Waals surface area contributed by atoms with E-state index >= 15 is 0 Å². The van der Waals surface area contributed by atoms with E-state index in [9.17, 15) is 35.5 Å². The van der Waals surface area contributed by atoms with Gasteiger partial charge in [-0.15, -0.1) is 5.10 Å². The van der Waals surface area contributed by atoms with Crippen LogP contribution in [-0.4, -0.2) is 32.8 Å². The lowest BCUT2D eigenvalue weighted by molar-refractivity contribution is -0.359. The second-order valence-electron chi connectivity index (χ2n) is 6.28. The molecule has 14 heteroatoms. The molecule has 0 aliphatic rings. The molecule has 0 saturated carbocycles. The van der Waals surface area contributed by atoms with Crippen LogP contribution in [0.5, 0.6) is 0 Å². The van der Waals surface area contributed by atoms with E-state index in [0.717, 1.165) is 23.1 Å². The van der Waals surface area contributed by atoms with E-state index in [2.05, 4.69) is 20.1 Å². The van der Waals surface area contributed by atoms with Gasteiger partial charge in [-0.05, 0) is 22.8 Å². The lowest BCUT2D eigenvalue weighted by atomic mass is 10.0. The van der Waals surface area contributed by atoms with Crippen LogP contribution in [0.15, 0.2) is 60.0 Å². The van der Waals surface area contributed by atoms with Crippen molar-refractivity contribution in [3.05, 3.63) is 76.4 Å². The van der Waals surface area contributed by atoms with Gasteiger partial charge < -0.3 is 0 Å². The molecule has 3 rings (SSSR count). The van der Waals surface area contributed by atoms with Gasteiger partial charge in [0.2, 0.25) is 5.91 Å². The summed E-state index contributed by atoms with van der Waals surface area (Å²) in [5.74, 6) is -12.4. The maximum Gasteiger partial charge on any atom is 0.460 e. The van der Waals surface area contributed by atoms with Crippen LogP contribution in [0.3, 0.4) is 0 Å². The standard InChI is InChI=1S/C18H9F7N6O/c19-16(20,17(21,22)18(23,24)25)12-5-7-13(8-6-12)31-9-27-14(29-31)10-1-3-11(4-2-10)15(32)28-30-26/h1-9H. The molecular weight excluding hydrogens is 449 g/mol. The Morgan fingerprint density at radius 2 is 1.53 bits per heavy atom. The zero-order valence-electron chi connectivity index (χ0n) is 15.4. The molecule has 0 aliphatic carbocycles. The molecule has 1 amide bonds. The average Bonchev–Trinajstić information content (AvgIpc) is 3.23. The van der Waals surface area contributed by atoms with E-state index in [-0.39, 0.29) is 17.1 Å². The van der Waals surface area contributed by atoms with Gasteiger partial charge in [0.05, 0.1) is 5.69 Å². The molecule has 0 radical (unpaired) electrons. The highest BCUT2D eigenvalue weighted by Crippen LogP contribution is 2.51. The largest absolute Gasteiger partial charge is 0.460 e. The van der Waals surface area contributed by atoms with Crippen LogP contribution in [0.25, 0.3) is 27.5 Å². The topological polar surface area (TPSA) is 96.5 Å². The summed E-state index contributed by atoms with van der Waals surface area (Å²) in [6, 6.07) is 8.24. The van der Waals surface area contributed by atoms with E-state index in [1.54, 1.807) is 0 Å². The minimum absolute atomic E-state index is 0.0637. The van der Waals surface area contributed by atoms with Gasteiger partial charge in [-0.25, -0.2) is 9.67 Å². The van der Waals surface area contributed by atoms with Gasteiger partial charge in [-0.3, -0.25) is 4.79 Å². The molecule has 166 valence electrons. The van der Waals surface area contributed by atoms with Crippen molar-refractivity contribution in [2.75, 3.05) is 0 Å². The molecule has 1 heterocycles. The molecule has 0 bridgehead atoms. The van der Waals surface area contributed by atoms with Crippen LogP contribution in [0, 0.1) is 0 Å². The molecule has 0 spiro atoms. The smallest absolute Gasteiger partial charge is 0.287 e. The second kappa shape index (κ2) is 7.96. The Kier molecular flexibility index (Phi) is 5.66. The molecule has 0 unspecified atom stereocenters. The fraction of sp³-hybridized carbons (Fsp3) is 0.167. The summed E-state index contributed by atoms with van der Waals surface area (Å²) < 4.78 is 92.0. The molecule has 7 nitrogen and oxygen atoms in total. The number of hydrogen-bond donors (Lipinski definition) is 0. The summed E-state index contributed by atoms with van der Waals surface area (Å²) in [7, 11) is 0. The lowest BCUT2D eigenvalue weighted by Gasteiger charge is -2.28. The van der Waals surface area contributed by atoms with Crippen molar-refractivity contribution >= 4 is 5.91 Å². The Morgan fingerprint density at radius 1 is 0.938 bits per heavy atom. The van der Waals surface area contributed by atoms with Crippen LogP contribution < -0.4 is 0 Å². The number of hydrogen-bond acceptors (Lipinski definition) is 3. The number of carbonyl (C=O) groups is 1. The average molecular weight is 458 g/mol. The van der Waals surface area contributed by atoms with Gasteiger partial charge in [0.1, 0.15) is 6.33 Å². The van der Waals surface area contributed by atoms with Crippen molar-refractivity contribution in [3.63, 3.8) is 0 Å². The lowest BCUT2D eigenvalue weighted by Crippen LogP contribution is -2.50. The predicted molar refractivity (Wildman–Crippen MR) is 95.2 cm³/mol. The number of azide groups is 1. The number of amides is 1. The number of nitrogens with zero attached hydrogens (tertiary/aromatic N) is 6. The number of rotatable bonds is 5. The normalized spacial score (nSPS) is 12.3. The van der Waals surface area contributed by atoms with Gasteiger partial charge in [0.25, 0.3) is 0 Å². The fourth-order valence-corrected chi connectivity index (χ4v) is 2.56. The van der Waals surface area contributed by atoms with Gasteiger partial charge in [0, 0.05) is 21.6 Å². The van der Waals surface area contributed by atoms with Crippen LogP contribution >= 0.6 is 0 Å². The second-order valence-corrected chi connectivity index (χ2v) is 6.28. The monoisotopic (exact) mass is 458 g/mol. The first-order valence-corrected chi connectivity index (χ1v) is 8.43. The molecule has 0 fully saturated rings. The number of aromatic nitrogens is 3. The molecule has 2 aromatic carbocycles.